The van der Waals surface area contributed by atoms with E-state index in [0.29, 0.717) is 0 Å². The highest BCUT2D eigenvalue weighted by Crippen LogP contribution is 2.36. The van der Waals surface area contributed by atoms with Crippen molar-refractivity contribution in [2.24, 2.45) is 0 Å². The molecule has 0 saturated heterocycles. The van der Waals surface area contributed by atoms with Crippen molar-refractivity contribution in [2.45, 2.75) is 60.3 Å². The predicted octanol–water partition coefficient (Wildman–Crippen LogP) is 3.89. The minimum atomic E-state index is 0.0478. The number of aliphatic hydroxyl groups is 1. The fourth-order valence-corrected chi connectivity index (χ4v) is 2.92. The van der Waals surface area contributed by atoms with Gasteiger partial charge in [0.2, 0.25) is 0 Å². The first-order chi connectivity index (χ1) is 7.74. The molecule has 0 amide bonds. The molecule has 17 heavy (non-hydrogen) atoms. The Balaban J connectivity index is 3.54. The number of rotatable bonds is 3. The lowest BCUT2D eigenvalue weighted by Crippen LogP contribution is -2.23. The highest BCUT2D eigenvalue weighted by atomic mass is 16.3. The summed E-state index contributed by atoms with van der Waals surface area (Å²) in [5, 5.41) is 9.24. The molecule has 0 heterocycles. The van der Waals surface area contributed by atoms with Gasteiger partial charge in [-0.2, -0.15) is 0 Å². The fourth-order valence-electron chi connectivity index (χ4n) is 2.92. The van der Waals surface area contributed by atoms with Crippen LogP contribution in [0.2, 0.25) is 0 Å². The van der Waals surface area contributed by atoms with Gasteiger partial charge in [0.25, 0.3) is 0 Å². The van der Waals surface area contributed by atoms with Crippen molar-refractivity contribution in [3.63, 3.8) is 0 Å². The maximum absolute atomic E-state index is 9.24. The summed E-state index contributed by atoms with van der Waals surface area (Å²) in [6.45, 7) is 15.7. The third-order valence-corrected chi connectivity index (χ3v) is 4.41. The average Bonchev–Trinajstić information content (AvgIpc) is 2.23. The van der Waals surface area contributed by atoms with Gasteiger partial charge in [-0.25, -0.2) is 0 Å². The van der Waals surface area contributed by atoms with Gasteiger partial charge in [-0.05, 0) is 79.8 Å². The Morgan fingerprint density at radius 1 is 0.765 bits per heavy atom. The van der Waals surface area contributed by atoms with Gasteiger partial charge in [0.15, 0.2) is 0 Å². The van der Waals surface area contributed by atoms with Crippen molar-refractivity contribution in [3.05, 3.63) is 33.4 Å². The minimum absolute atomic E-state index is 0.0478. The van der Waals surface area contributed by atoms with Crippen LogP contribution in [0.5, 0.6) is 0 Å². The molecule has 0 atom stereocenters. The van der Waals surface area contributed by atoms with Crippen molar-refractivity contribution in [2.75, 3.05) is 6.61 Å². The van der Waals surface area contributed by atoms with Crippen LogP contribution in [0.3, 0.4) is 0 Å². The summed E-state index contributed by atoms with van der Waals surface area (Å²) in [6, 6.07) is 0. The molecule has 1 heteroatoms. The highest BCUT2D eigenvalue weighted by molar-refractivity contribution is 5.52. The Labute approximate surface area is 106 Å². The van der Waals surface area contributed by atoms with Crippen LogP contribution in [0.25, 0.3) is 0 Å². The molecule has 0 aromatic heterocycles. The van der Waals surface area contributed by atoms with Gasteiger partial charge in [0, 0.05) is 6.61 Å². The van der Waals surface area contributed by atoms with Gasteiger partial charge >= 0.3 is 0 Å². The normalized spacial score (nSPS) is 12.0. The predicted molar refractivity (Wildman–Crippen MR) is 74.9 cm³/mol. The van der Waals surface area contributed by atoms with E-state index in [1.54, 1.807) is 0 Å². The molecular weight excluding hydrogens is 208 g/mol. The zero-order valence-electron chi connectivity index (χ0n) is 12.4. The van der Waals surface area contributed by atoms with E-state index in [1.807, 2.05) is 0 Å². The molecule has 0 aliphatic rings. The van der Waals surface area contributed by atoms with E-state index >= 15 is 0 Å². The molecular formula is C16H26O. The molecule has 0 radical (unpaired) electrons. The maximum Gasteiger partial charge on any atom is 0.0439 e. The number of hydrogen-bond donors (Lipinski definition) is 1. The van der Waals surface area contributed by atoms with Gasteiger partial charge in [0.1, 0.15) is 0 Å². The lowest BCUT2D eigenvalue weighted by Gasteiger charge is -2.31. The van der Waals surface area contributed by atoms with Gasteiger partial charge in [-0.3, -0.25) is 0 Å². The van der Waals surface area contributed by atoms with Gasteiger partial charge in [-0.15, -0.1) is 0 Å². The van der Waals surface area contributed by atoms with Crippen LogP contribution in [-0.2, 0) is 5.41 Å². The number of hydrogen-bond acceptors (Lipinski definition) is 1. The monoisotopic (exact) mass is 234 g/mol. The van der Waals surface area contributed by atoms with E-state index in [0.717, 1.165) is 6.42 Å². The van der Waals surface area contributed by atoms with Crippen molar-refractivity contribution in [1.82, 2.24) is 0 Å². The topological polar surface area (TPSA) is 20.2 Å². The first-order valence-corrected chi connectivity index (χ1v) is 6.42. The molecule has 1 N–H and O–H groups in total. The minimum Gasteiger partial charge on any atom is -0.396 e. The summed E-state index contributed by atoms with van der Waals surface area (Å²) in [6.07, 6.45) is 0.816. The smallest absolute Gasteiger partial charge is 0.0439 e. The molecule has 0 aliphatic heterocycles. The van der Waals surface area contributed by atoms with Gasteiger partial charge in [-0.1, -0.05) is 13.8 Å². The molecule has 1 aromatic carbocycles. The summed E-state index contributed by atoms with van der Waals surface area (Å²) < 4.78 is 0. The highest BCUT2D eigenvalue weighted by Gasteiger charge is 2.26. The van der Waals surface area contributed by atoms with E-state index in [-0.39, 0.29) is 12.0 Å². The van der Waals surface area contributed by atoms with Crippen LogP contribution in [0.1, 0.15) is 53.6 Å². The number of aliphatic hydroxyl groups excluding tert-OH is 1. The molecule has 1 aromatic rings. The summed E-state index contributed by atoms with van der Waals surface area (Å²) in [4.78, 5) is 0. The standard InChI is InChI=1S/C16H26O/c1-10-11(2)13(4)15(14(5)12(10)3)16(6,7)8-9-17/h17H,8-9H2,1-7H3. The van der Waals surface area contributed by atoms with Gasteiger partial charge in [0.05, 0.1) is 0 Å². The number of benzene rings is 1. The van der Waals surface area contributed by atoms with Crippen molar-refractivity contribution < 1.29 is 5.11 Å². The Bertz CT molecular complexity index is 399. The lowest BCUT2D eigenvalue weighted by atomic mass is 9.74. The van der Waals surface area contributed by atoms with E-state index in [4.69, 9.17) is 0 Å². The van der Waals surface area contributed by atoms with Crippen LogP contribution in [0.15, 0.2) is 0 Å². The van der Waals surface area contributed by atoms with Crippen LogP contribution >= 0.6 is 0 Å². The average molecular weight is 234 g/mol. The fraction of sp³-hybridized carbons (Fsp3) is 0.625. The van der Waals surface area contributed by atoms with E-state index in [9.17, 15) is 5.11 Å². The van der Waals surface area contributed by atoms with Crippen LogP contribution < -0.4 is 0 Å². The second-order valence-electron chi connectivity index (χ2n) is 5.86. The molecule has 0 spiro atoms. The SMILES string of the molecule is Cc1c(C)c(C)c(C(C)(C)CCO)c(C)c1C. The molecule has 0 saturated carbocycles. The Hall–Kier alpha value is -0.820. The summed E-state index contributed by atoms with van der Waals surface area (Å²) in [7, 11) is 0. The summed E-state index contributed by atoms with van der Waals surface area (Å²) in [5.74, 6) is 0. The third kappa shape index (κ3) is 2.40. The summed E-state index contributed by atoms with van der Waals surface area (Å²) in [5.41, 5.74) is 8.46. The molecule has 1 nitrogen and oxygen atoms in total. The van der Waals surface area contributed by atoms with Crippen LogP contribution in [0, 0.1) is 34.6 Å². The first kappa shape index (κ1) is 14.2. The van der Waals surface area contributed by atoms with Crippen molar-refractivity contribution >= 4 is 0 Å². The van der Waals surface area contributed by atoms with Crippen LogP contribution in [0.4, 0.5) is 0 Å². The third-order valence-electron chi connectivity index (χ3n) is 4.41. The lowest BCUT2D eigenvalue weighted by molar-refractivity contribution is 0.251. The zero-order valence-corrected chi connectivity index (χ0v) is 12.4. The van der Waals surface area contributed by atoms with E-state index in [1.165, 1.54) is 33.4 Å². The Kier molecular flexibility index (Phi) is 4.03. The maximum atomic E-state index is 9.24. The second kappa shape index (κ2) is 4.81. The largest absolute Gasteiger partial charge is 0.396 e. The zero-order chi connectivity index (χ0) is 13.4. The molecule has 0 fully saturated rings. The Morgan fingerprint density at radius 3 is 1.47 bits per heavy atom. The molecule has 0 bridgehead atoms. The second-order valence-corrected chi connectivity index (χ2v) is 5.86. The van der Waals surface area contributed by atoms with Crippen LogP contribution in [-0.4, -0.2) is 11.7 Å². The molecule has 0 aliphatic carbocycles. The summed E-state index contributed by atoms with van der Waals surface area (Å²) >= 11 is 0. The Morgan fingerprint density at radius 2 is 1.12 bits per heavy atom. The molecule has 1 rings (SSSR count). The first-order valence-electron chi connectivity index (χ1n) is 6.42. The van der Waals surface area contributed by atoms with E-state index < -0.39 is 0 Å². The van der Waals surface area contributed by atoms with E-state index in [2.05, 4.69) is 48.5 Å². The van der Waals surface area contributed by atoms with Gasteiger partial charge < -0.3 is 5.11 Å². The van der Waals surface area contributed by atoms with Crippen molar-refractivity contribution in [3.8, 4) is 0 Å². The molecule has 96 valence electrons. The molecule has 0 unspecified atom stereocenters. The van der Waals surface area contributed by atoms with Crippen molar-refractivity contribution in [1.29, 1.82) is 0 Å². The quantitative estimate of drug-likeness (QED) is 0.841.